The predicted molar refractivity (Wildman–Crippen MR) is 98.1 cm³/mol. The van der Waals surface area contributed by atoms with Gasteiger partial charge in [-0.15, -0.1) is 0 Å². The maximum Gasteiger partial charge on any atom is 0.416 e. The molecule has 5 nitrogen and oxygen atoms in total. The van der Waals surface area contributed by atoms with Crippen LogP contribution in [0.25, 0.3) is 11.1 Å². The summed E-state index contributed by atoms with van der Waals surface area (Å²) in [5, 5.41) is 7.16. The van der Waals surface area contributed by atoms with Crippen LogP contribution in [0.1, 0.15) is 5.56 Å². The first kappa shape index (κ1) is 18.1. The normalized spacial score (nSPS) is 11.6. The van der Waals surface area contributed by atoms with Gasteiger partial charge in [-0.1, -0.05) is 22.8 Å². The zero-order chi connectivity index (χ0) is 19.7. The minimum atomic E-state index is -4.45. The topological polar surface area (TPSA) is 60.2 Å². The number of halogens is 4. The van der Waals surface area contributed by atoms with Gasteiger partial charge in [-0.3, -0.25) is 0 Å². The molecule has 0 aliphatic heterocycles. The number of fused-ring (bicyclic) bond motifs is 1. The van der Waals surface area contributed by atoms with Crippen LogP contribution in [0.5, 0.6) is 11.5 Å². The van der Waals surface area contributed by atoms with Crippen molar-refractivity contribution in [2.45, 2.75) is 6.18 Å². The third-order valence-electron chi connectivity index (χ3n) is 3.81. The molecule has 0 fully saturated rings. The van der Waals surface area contributed by atoms with E-state index in [-0.39, 0.29) is 16.5 Å². The molecule has 0 atom stereocenters. The van der Waals surface area contributed by atoms with E-state index in [0.717, 1.165) is 12.1 Å². The van der Waals surface area contributed by atoms with Gasteiger partial charge in [0.25, 0.3) is 0 Å². The Balaban J connectivity index is 1.55. The summed E-state index contributed by atoms with van der Waals surface area (Å²) in [6.07, 6.45) is -2.84. The SMILES string of the molecule is FC(F)(F)c1cccc(Oc2ccc(Nc3noc4cccnc34)cc2Cl)c1. The summed E-state index contributed by atoms with van der Waals surface area (Å²) in [5.74, 6) is 0.664. The van der Waals surface area contributed by atoms with E-state index >= 15 is 0 Å². The second-order valence-electron chi connectivity index (χ2n) is 5.78. The number of hydrogen-bond donors (Lipinski definition) is 1. The molecular formula is C19H11ClF3N3O2. The number of benzene rings is 2. The summed E-state index contributed by atoms with van der Waals surface area (Å²) in [4.78, 5) is 4.19. The lowest BCUT2D eigenvalue weighted by molar-refractivity contribution is -0.137. The molecule has 28 heavy (non-hydrogen) atoms. The van der Waals surface area contributed by atoms with Gasteiger partial charge in [0, 0.05) is 11.9 Å². The molecule has 0 aliphatic carbocycles. The molecular weight excluding hydrogens is 395 g/mol. The van der Waals surface area contributed by atoms with Gasteiger partial charge >= 0.3 is 6.18 Å². The summed E-state index contributed by atoms with van der Waals surface area (Å²) in [6.45, 7) is 0. The van der Waals surface area contributed by atoms with Crippen molar-refractivity contribution in [2.75, 3.05) is 5.32 Å². The van der Waals surface area contributed by atoms with Crippen molar-refractivity contribution in [1.29, 1.82) is 0 Å². The van der Waals surface area contributed by atoms with Crippen molar-refractivity contribution in [3.63, 3.8) is 0 Å². The van der Waals surface area contributed by atoms with Gasteiger partial charge < -0.3 is 14.6 Å². The molecule has 2 heterocycles. The van der Waals surface area contributed by atoms with Crippen molar-refractivity contribution in [1.82, 2.24) is 10.1 Å². The number of rotatable bonds is 4. The number of aromatic nitrogens is 2. The average molecular weight is 406 g/mol. The van der Waals surface area contributed by atoms with E-state index in [1.165, 1.54) is 12.1 Å². The quantitative estimate of drug-likeness (QED) is 0.424. The lowest BCUT2D eigenvalue weighted by Gasteiger charge is -2.12. The lowest BCUT2D eigenvalue weighted by atomic mass is 10.2. The Morgan fingerprint density at radius 1 is 1.04 bits per heavy atom. The molecule has 142 valence electrons. The zero-order valence-electron chi connectivity index (χ0n) is 14.0. The summed E-state index contributed by atoms with van der Waals surface area (Å²) in [6, 6.07) is 12.8. The third kappa shape index (κ3) is 3.72. The Hall–Kier alpha value is -3.26. The van der Waals surface area contributed by atoms with Gasteiger partial charge in [0.05, 0.1) is 10.6 Å². The van der Waals surface area contributed by atoms with E-state index in [0.29, 0.717) is 22.6 Å². The highest BCUT2D eigenvalue weighted by atomic mass is 35.5. The first-order valence-corrected chi connectivity index (χ1v) is 8.40. The van der Waals surface area contributed by atoms with E-state index in [4.69, 9.17) is 20.9 Å². The van der Waals surface area contributed by atoms with Crippen molar-refractivity contribution in [3.05, 3.63) is 71.4 Å². The number of nitrogens with one attached hydrogen (secondary N) is 1. The Labute approximate surface area is 161 Å². The Morgan fingerprint density at radius 2 is 1.89 bits per heavy atom. The van der Waals surface area contributed by atoms with E-state index in [1.54, 1.807) is 36.5 Å². The first-order chi connectivity index (χ1) is 13.4. The molecule has 4 rings (SSSR count). The monoisotopic (exact) mass is 405 g/mol. The maximum absolute atomic E-state index is 12.8. The van der Waals surface area contributed by atoms with Crippen LogP contribution in [0.15, 0.2) is 65.3 Å². The van der Waals surface area contributed by atoms with Crippen LogP contribution in [-0.2, 0) is 6.18 Å². The molecule has 0 saturated heterocycles. The summed E-state index contributed by atoms with van der Waals surface area (Å²) >= 11 is 6.22. The largest absolute Gasteiger partial charge is 0.456 e. The second-order valence-corrected chi connectivity index (χ2v) is 6.19. The number of anilines is 2. The molecule has 2 aromatic carbocycles. The number of ether oxygens (including phenoxy) is 1. The Morgan fingerprint density at radius 3 is 2.68 bits per heavy atom. The van der Waals surface area contributed by atoms with Gasteiger partial charge in [-0.25, -0.2) is 4.98 Å². The molecule has 9 heteroatoms. The van der Waals surface area contributed by atoms with E-state index in [9.17, 15) is 13.2 Å². The summed E-state index contributed by atoms with van der Waals surface area (Å²) in [5.41, 5.74) is 0.871. The highest BCUT2D eigenvalue weighted by molar-refractivity contribution is 6.32. The minimum absolute atomic E-state index is 0.0316. The van der Waals surface area contributed by atoms with Gasteiger partial charge in [-0.05, 0) is 48.5 Å². The summed E-state index contributed by atoms with van der Waals surface area (Å²) < 4.78 is 49.1. The highest BCUT2D eigenvalue weighted by Crippen LogP contribution is 2.36. The molecule has 2 aromatic heterocycles. The molecule has 0 amide bonds. The molecule has 1 N–H and O–H groups in total. The van der Waals surface area contributed by atoms with Crippen LogP contribution in [-0.4, -0.2) is 10.1 Å². The van der Waals surface area contributed by atoms with Crippen LogP contribution in [0.2, 0.25) is 5.02 Å². The van der Waals surface area contributed by atoms with Crippen molar-refractivity contribution in [3.8, 4) is 11.5 Å². The van der Waals surface area contributed by atoms with Crippen LogP contribution in [0.4, 0.5) is 24.7 Å². The third-order valence-corrected chi connectivity index (χ3v) is 4.11. The molecule has 0 aliphatic rings. The van der Waals surface area contributed by atoms with Crippen LogP contribution < -0.4 is 10.1 Å². The average Bonchev–Trinajstić information content (AvgIpc) is 3.07. The van der Waals surface area contributed by atoms with Gasteiger partial charge in [0.15, 0.2) is 16.9 Å². The predicted octanol–water partition coefficient (Wildman–Crippen LogP) is 6.43. The van der Waals surface area contributed by atoms with Crippen molar-refractivity contribution in [2.24, 2.45) is 0 Å². The number of nitrogens with zero attached hydrogens (tertiary/aromatic N) is 2. The molecule has 0 radical (unpaired) electrons. The number of pyridine rings is 1. The second kappa shape index (κ2) is 7.05. The lowest BCUT2D eigenvalue weighted by Crippen LogP contribution is -2.04. The maximum atomic E-state index is 12.8. The van der Waals surface area contributed by atoms with Gasteiger partial charge in [-0.2, -0.15) is 13.2 Å². The Kier molecular flexibility index (Phi) is 4.56. The summed E-state index contributed by atoms with van der Waals surface area (Å²) in [7, 11) is 0. The fraction of sp³-hybridized carbons (Fsp3) is 0.0526. The molecule has 4 aromatic rings. The molecule has 0 bridgehead atoms. The van der Waals surface area contributed by atoms with E-state index < -0.39 is 11.7 Å². The molecule has 0 saturated carbocycles. The highest BCUT2D eigenvalue weighted by Gasteiger charge is 2.30. The smallest absolute Gasteiger partial charge is 0.416 e. The molecule has 0 unspecified atom stereocenters. The van der Waals surface area contributed by atoms with Crippen molar-refractivity contribution >= 4 is 34.2 Å². The number of alkyl halides is 3. The number of hydrogen-bond acceptors (Lipinski definition) is 5. The zero-order valence-corrected chi connectivity index (χ0v) is 14.8. The minimum Gasteiger partial charge on any atom is -0.456 e. The standard InChI is InChI=1S/C19H11ClF3N3O2/c20-14-10-12(25-18-17-16(28-26-18)5-2-8-24-17)6-7-15(14)27-13-4-1-3-11(9-13)19(21,22)23/h1-10H,(H,25,26). The van der Waals surface area contributed by atoms with E-state index in [2.05, 4.69) is 15.5 Å². The Bertz CT molecular complexity index is 1140. The first-order valence-electron chi connectivity index (χ1n) is 8.02. The van der Waals surface area contributed by atoms with E-state index in [1.807, 2.05) is 0 Å². The van der Waals surface area contributed by atoms with Crippen molar-refractivity contribution < 1.29 is 22.4 Å². The van der Waals surface area contributed by atoms with Gasteiger partial charge in [0.1, 0.15) is 11.5 Å². The van der Waals surface area contributed by atoms with Crippen LogP contribution in [0, 0.1) is 0 Å². The van der Waals surface area contributed by atoms with Crippen LogP contribution >= 0.6 is 11.6 Å². The fourth-order valence-electron chi connectivity index (χ4n) is 2.52. The van der Waals surface area contributed by atoms with Gasteiger partial charge in [0.2, 0.25) is 0 Å². The molecule has 0 spiro atoms. The van der Waals surface area contributed by atoms with Crippen LogP contribution in [0.3, 0.4) is 0 Å². The fourth-order valence-corrected chi connectivity index (χ4v) is 2.74.